The van der Waals surface area contributed by atoms with E-state index in [2.05, 4.69) is 6.07 Å². The van der Waals surface area contributed by atoms with Crippen molar-refractivity contribution in [3.8, 4) is 0 Å². The molecule has 2 aliphatic rings. The van der Waals surface area contributed by atoms with E-state index in [0.29, 0.717) is 18.7 Å². The summed E-state index contributed by atoms with van der Waals surface area (Å²) in [5, 5.41) is 0. The number of fused-ring (bicyclic) bond motifs is 3. The topological polar surface area (TPSA) is 63.7 Å². The van der Waals surface area contributed by atoms with Crippen LogP contribution in [0.15, 0.2) is 24.3 Å². The average molecular weight is 327 g/mol. The molecule has 1 aliphatic heterocycles. The Balaban J connectivity index is 1.67. The summed E-state index contributed by atoms with van der Waals surface area (Å²) in [7, 11) is -2.10. The van der Waals surface area contributed by atoms with E-state index >= 15 is 0 Å². The molecule has 21 heavy (non-hydrogen) atoms. The Kier molecular flexibility index (Phi) is 3.88. The highest BCUT2D eigenvalue weighted by Gasteiger charge is 2.47. The predicted octanol–water partition coefficient (Wildman–Crippen LogP) is 2.19. The minimum absolute atomic E-state index is 0.0167. The zero-order chi connectivity index (χ0) is 15.0. The number of ether oxygens (including phenoxy) is 1. The number of carbonyl (C=O) groups excluding carboxylic acids is 1. The summed E-state index contributed by atoms with van der Waals surface area (Å²) < 4.78 is 27.6. The van der Waals surface area contributed by atoms with Crippen LogP contribution in [0.1, 0.15) is 23.6 Å². The molecule has 1 heterocycles. The zero-order valence-corrected chi connectivity index (χ0v) is 13.3. The lowest BCUT2D eigenvalue weighted by atomic mass is 10.1. The minimum atomic E-state index is -3.02. The Hall–Kier alpha value is -1.21. The quantitative estimate of drug-likeness (QED) is 0.613. The lowest BCUT2D eigenvalue weighted by Crippen LogP contribution is -2.29. The summed E-state index contributed by atoms with van der Waals surface area (Å²) in [6.45, 7) is 0.525. The van der Waals surface area contributed by atoms with Crippen molar-refractivity contribution in [3.63, 3.8) is 0 Å². The fraction of sp³-hybridized carbons (Fsp3) is 0.500. The molecule has 2 atom stereocenters. The van der Waals surface area contributed by atoms with Crippen molar-refractivity contribution in [1.82, 2.24) is 4.90 Å². The third kappa shape index (κ3) is 3.03. The first kappa shape index (κ1) is 14.7. The van der Waals surface area contributed by atoms with Gasteiger partial charge in [0.1, 0.15) is 6.10 Å². The Morgan fingerprint density at radius 2 is 2.14 bits per heavy atom. The average Bonchev–Trinajstić information content (AvgIpc) is 2.89. The largest absolute Gasteiger partial charge is 0.443 e. The van der Waals surface area contributed by atoms with Gasteiger partial charge in [-0.05, 0) is 28.3 Å². The van der Waals surface area contributed by atoms with E-state index < -0.39 is 8.87 Å². The van der Waals surface area contributed by atoms with Gasteiger partial charge in [-0.2, -0.15) is 0 Å². The van der Waals surface area contributed by atoms with Crippen LogP contribution in [-0.4, -0.2) is 44.1 Å². The molecule has 0 bridgehead atoms. The van der Waals surface area contributed by atoms with Crippen LogP contribution in [0.2, 0.25) is 0 Å². The van der Waals surface area contributed by atoms with Crippen LogP contribution in [0.5, 0.6) is 0 Å². The minimum Gasteiger partial charge on any atom is -0.443 e. The van der Waals surface area contributed by atoms with Crippen LogP contribution in [0.3, 0.4) is 0 Å². The third-order valence-corrected chi connectivity index (χ3v) is 6.48. The molecule has 0 spiro atoms. The van der Waals surface area contributed by atoms with Gasteiger partial charge in [-0.15, -0.1) is 0 Å². The van der Waals surface area contributed by atoms with E-state index in [-0.39, 0.29) is 18.2 Å². The van der Waals surface area contributed by atoms with Gasteiger partial charge in [0.15, 0.2) is 8.87 Å². The molecule has 1 aliphatic carbocycles. The molecule has 1 fully saturated rings. The highest BCUT2D eigenvalue weighted by Crippen LogP contribution is 2.42. The molecule has 1 aromatic carbocycles. The molecule has 114 valence electrons. The molecule has 0 saturated carbocycles. The van der Waals surface area contributed by atoms with E-state index in [1.54, 1.807) is 4.90 Å². The number of carbonyl (C=O) groups is 1. The number of rotatable bonds is 5. The number of nitrogens with zero attached hydrogens (tertiary/aromatic N) is 1. The first-order valence-electron chi connectivity index (χ1n) is 6.85. The number of hydrogen-bond donors (Lipinski definition) is 0. The molecule has 0 aromatic heterocycles. The Bertz CT molecular complexity index is 659. The summed E-state index contributed by atoms with van der Waals surface area (Å²) in [6, 6.07) is 8.06. The smallest absolute Gasteiger partial charge is 0.410 e. The van der Waals surface area contributed by atoms with Gasteiger partial charge in [0, 0.05) is 25.0 Å². The lowest BCUT2D eigenvalue weighted by molar-refractivity contribution is 0.132. The van der Waals surface area contributed by atoms with Crippen molar-refractivity contribution in [3.05, 3.63) is 35.4 Å². The standard InChI is InChI=1S/C14H17NO4S2/c1-21(17,18)20-8-4-7-15-13-11-6-3-2-5-10(11)9-12(13)19-14(15)16/h2-3,5-6,12-13H,4,7-9H2,1H3/t12-,13+/m0/s1. The van der Waals surface area contributed by atoms with Crippen molar-refractivity contribution in [2.24, 2.45) is 0 Å². The molecule has 1 aromatic rings. The van der Waals surface area contributed by atoms with Crippen molar-refractivity contribution in [2.45, 2.75) is 25.0 Å². The Labute approximate surface area is 128 Å². The van der Waals surface area contributed by atoms with Gasteiger partial charge in [-0.3, -0.25) is 4.90 Å². The van der Waals surface area contributed by atoms with Crippen molar-refractivity contribution in [2.75, 3.05) is 18.6 Å². The van der Waals surface area contributed by atoms with Gasteiger partial charge in [-0.25, -0.2) is 13.2 Å². The maximum Gasteiger partial charge on any atom is 0.410 e. The van der Waals surface area contributed by atoms with Gasteiger partial charge in [0.25, 0.3) is 0 Å². The van der Waals surface area contributed by atoms with Gasteiger partial charge in [0.05, 0.1) is 6.04 Å². The number of benzene rings is 1. The van der Waals surface area contributed by atoms with Crippen molar-refractivity contribution < 1.29 is 17.9 Å². The summed E-state index contributed by atoms with van der Waals surface area (Å²) >= 11 is 0. The molecule has 1 amide bonds. The number of amides is 1. The van der Waals surface area contributed by atoms with E-state index in [1.807, 2.05) is 18.2 Å². The van der Waals surface area contributed by atoms with E-state index in [4.69, 9.17) is 4.74 Å². The van der Waals surface area contributed by atoms with Crippen LogP contribution in [-0.2, 0) is 20.0 Å². The summed E-state index contributed by atoms with van der Waals surface area (Å²) in [4.78, 5) is 13.7. The zero-order valence-electron chi connectivity index (χ0n) is 11.7. The molecule has 0 radical (unpaired) electrons. The molecule has 0 N–H and O–H groups in total. The molecule has 1 saturated heterocycles. The fourth-order valence-corrected chi connectivity index (χ4v) is 4.81. The summed E-state index contributed by atoms with van der Waals surface area (Å²) in [5.41, 5.74) is 2.39. The van der Waals surface area contributed by atoms with Crippen LogP contribution < -0.4 is 0 Å². The fourth-order valence-electron chi connectivity index (χ4n) is 3.00. The maximum atomic E-state index is 12.0. The van der Waals surface area contributed by atoms with Crippen LogP contribution in [0.25, 0.3) is 0 Å². The normalized spacial score (nSPS) is 23.9. The third-order valence-electron chi connectivity index (χ3n) is 3.81. The van der Waals surface area contributed by atoms with Crippen LogP contribution in [0, 0.1) is 0 Å². The molecule has 0 unspecified atom stereocenters. The maximum absolute atomic E-state index is 12.0. The number of hydrogen-bond acceptors (Lipinski definition) is 5. The Morgan fingerprint density at radius 1 is 1.38 bits per heavy atom. The first-order valence-corrected chi connectivity index (χ1v) is 10.2. The van der Waals surface area contributed by atoms with Gasteiger partial charge >= 0.3 is 6.09 Å². The first-order chi connectivity index (χ1) is 9.96. The second-order valence-corrected chi connectivity index (χ2v) is 9.92. The predicted molar refractivity (Wildman–Crippen MR) is 81.8 cm³/mol. The highest BCUT2D eigenvalue weighted by atomic mass is 33.1. The van der Waals surface area contributed by atoms with E-state index in [0.717, 1.165) is 22.8 Å². The molecular weight excluding hydrogens is 310 g/mol. The molecule has 5 nitrogen and oxygen atoms in total. The highest BCUT2D eigenvalue weighted by molar-refractivity contribution is 8.71. The second kappa shape index (κ2) is 5.53. The second-order valence-electron chi connectivity index (χ2n) is 5.34. The van der Waals surface area contributed by atoms with E-state index in [9.17, 15) is 13.2 Å². The SMILES string of the molecule is CS(=O)(=O)SCCCN1C(=O)O[C@H]2Cc3ccccc3[C@H]21. The van der Waals surface area contributed by atoms with Crippen LogP contribution >= 0.6 is 10.8 Å². The van der Waals surface area contributed by atoms with E-state index in [1.165, 1.54) is 11.8 Å². The summed E-state index contributed by atoms with van der Waals surface area (Å²) in [5.74, 6) is 0.488. The Morgan fingerprint density at radius 3 is 2.90 bits per heavy atom. The molecule has 3 rings (SSSR count). The van der Waals surface area contributed by atoms with Crippen molar-refractivity contribution in [1.29, 1.82) is 0 Å². The van der Waals surface area contributed by atoms with Gasteiger partial charge in [-0.1, -0.05) is 24.3 Å². The van der Waals surface area contributed by atoms with Crippen LogP contribution in [0.4, 0.5) is 4.79 Å². The van der Waals surface area contributed by atoms with Crippen molar-refractivity contribution >= 4 is 25.8 Å². The van der Waals surface area contributed by atoms with Gasteiger partial charge < -0.3 is 4.74 Å². The lowest BCUT2D eigenvalue weighted by Gasteiger charge is -2.21. The monoisotopic (exact) mass is 327 g/mol. The summed E-state index contributed by atoms with van der Waals surface area (Å²) in [6.07, 6.45) is 2.21. The van der Waals surface area contributed by atoms with Gasteiger partial charge in [0.2, 0.25) is 0 Å². The molecule has 7 heteroatoms. The molecular formula is C14H17NO4S2.